The Balaban J connectivity index is 2.85. The van der Waals surface area contributed by atoms with Gasteiger partial charge < -0.3 is 10.6 Å². The van der Waals surface area contributed by atoms with E-state index in [1.54, 1.807) is 6.07 Å². The Kier molecular flexibility index (Phi) is 4.26. The first-order chi connectivity index (χ1) is 6.96. The number of rotatable bonds is 4. The molecule has 0 heterocycles. The molecule has 0 aliphatic heterocycles. The van der Waals surface area contributed by atoms with E-state index in [9.17, 15) is 0 Å². The van der Waals surface area contributed by atoms with Gasteiger partial charge in [0.15, 0.2) is 0 Å². The summed E-state index contributed by atoms with van der Waals surface area (Å²) >= 11 is 12.0. The first-order valence-corrected chi connectivity index (χ1v) is 5.59. The molecule has 2 nitrogen and oxygen atoms in total. The second-order valence-corrected chi connectivity index (χ2v) is 4.93. The molecule has 0 bridgehead atoms. The Morgan fingerprint density at radius 3 is 2.53 bits per heavy atom. The summed E-state index contributed by atoms with van der Waals surface area (Å²) in [5, 5.41) is 7.62. The van der Waals surface area contributed by atoms with E-state index in [-0.39, 0.29) is 5.54 Å². The first-order valence-electron chi connectivity index (χ1n) is 4.83. The van der Waals surface area contributed by atoms with Gasteiger partial charge in [-0.1, -0.05) is 29.3 Å². The highest BCUT2D eigenvalue weighted by atomic mass is 35.5. The standard InChI is InChI=1S/C11H16Cl2N2/c1-11(2,7-14-3)15-9-6-4-5-8(12)10(9)13/h4-6,14-15H,7H2,1-3H3. The van der Waals surface area contributed by atoms with Gasteiger partial charge in [0.05, 0.1) is 15.7 Å². The van der Waals surface area contributed by atoms with E-state index in [0.717, 1.165) is 12.2 Å². The summed E-state index contributed by atoms with van der Waals surface area (Å²) in [5.41, 5.74) is 0.799. The minimum Gasteiger partial charge on any atom is -0.378 e. The van der Waals surface area contributed by atoms with Crippen LogP contribution in [0, 0.1) is 0 Å². The third-order valence-corrected chi connectivity index (χ3v) is 2.86. The van der Waals surface area contributed by atoms with Crippen LogP contribution in [0.15, 0.2) is 18.2 Å². The average Bonchev–Trinajstić information content (AvgIpc) is 2.12. The lowest BCUT2D eigenvalue weighted by Gasteiger charge is -2.28. The van der Waals surface area contributed by atoms with Crippen molar-refractivity contribution >= 4 is 28.9 Å². The molecule has 15 heavy (non-hydrogen) atoms. The molecular weight excluding hydrogens is 231 g/mol. The number of hydrogen-bond acceptors (Lipinski definition) is 2. The molecule has 0 aliphatic rings. The predicted molar refractivity (Wildman–Crippen MR) is 68.1 cm³/mol. The summed E-state index contributed by atoms with van der Waals surface area (Å²) < 4.78 is 0. The Hall–Kier alpha value is -0.440. The second kappa shape index (κ2) is 5.06. The molecule has 0 aliphatic carbocycles. The molecule has 84 valence electrons. The highest BCUT2D eigenvalue weighted by Gasteiger charge is 2.17. The molecule has 0 saturated carbocycles. The average molecular weight is 247 g/mol. The van der Waals surface area contributed by atoms with Crippen LogP contribution in [0.2, 0.25) is 10.0 Å². The molecule has 1 rings (SSSR count). The van der Waals surface area contributed by atoms with Crippen LogP contribution in [-0.4, -0.2) is 19.1 Å². The van der Waals surface area contributed by atoms with E-state index in [1.807, 2.05) is 19.2 Å². The molecule has 1 aromatic carbocycles. The number of halogens is 2. The van der Waals surface area contributed by atoms with Crippen LogP contribution in [0.3, 0.4) is 0 Å². The zero-order valence-electron chi connectivity index (χ0n) is 9.20. The van der Waals surface area contributed by atoms with Crippen molar-refractivity contribution in [2.75, 3.05) is 18.9 Å². The molecule has 0 spiro atoms. The van der Waals surface area contributed by atoms with Gasteiger partial charge >= 0.3 is 0 Å². The maximum absolute atomic E-state index is 6.08. The van der Waals surface area contributed by atoms with Crippen LogP contribution in [0.5, 0.6) is 0 Å². The number of nitrogens with one attached hydrogen (secondary N) is 2. The van der Waals surface area contributed by atoms with E-state index in [1.165, 1.54) is 0 Å². The number of benzene rings is 1. The van der Waals surface area contributed by atoms with E-state index in [2.05, 4.69) is 24.5 Å². The SMILES string of the molecule is CNCC(C)(C)Nc1cccc(Cl)c1Cl. The molecule has 0 unspecified atom stereocenters. The van der Waals surface area contributed by atoms with Gasteiger partial charge in [0.2, 0.25) is 0 Å². The molecular formula is C11H16Cl2N2. The monoisotopic (exact) mass is 246 g/mol. The van der Waals surface area contributed by atoms with Crippen LogP contribution >= 0.6 is 23.2 Å². The third kappa shape index (κ3) is 3.56. The van der Waals surface area contributed by atoms with Gasteiger partial charge in [-0.15, -0.1) is 0 Å². The van der Waals surface area contributed by atoms with E-state index in [0.29, 0.717) is 10.0 Å². The topological polar surface area (TPSA) is 24.1 Å². The number of hydrogen-bond donors (Lipinski definition) is 2. The Bertz CT molecular complexity index is 337. The lowest BCUT2D eigenvalue weighted by Crippen LogP contribution is -2.40. The largest absolute Gasteiger partial charge is 0.378 e. The van der Waals surface area contributed by atoms with Crippen molar-refractivity contribution in [1.29, 1.82) is 0 Å². The molecule has 0 saturated heterocycles. The maximum Gasteiger partial charge on any atom is 0.0823 e. The van der Waals surface area contributed by atoms with Crippen molar-refractivity contribution in [2.24, 2.45) is 0 Å². The van der Waals surface area contributed by atoms with Gasteiger partial charge in [0.25, 0.3) is 0 Å². The number of likely N-dealkylation sites (N-methyl/N-ethyl adjacent to an activating group) is 1. The lowest BCUT2D eigenvalue weighted by molar-refractivity contribution is 0.530. The van der Waals surface area contributed by atoms with Crippen molar-refractivity contribution < 1.29 is 0 Å². The van der Waals surface area contributed by atoms with Crippen LogP contribution in [-0.2, 0) is 0 Å². The van der Waals surface area contributed by atoms with E-state index in [4.69, 9.17) is 23.2 Å². The van der Waals surface area contributed by atoms with Crippen LogP contribution < -0.4 is 10.6 Å². The number of anilines is 1. The van der Waals surface area contributed by atoms with Gasteiger partial charge in [-0.05, 0) is 33.0 Å². The molecule has 4 heteroatoms. The minimum absolute atomic E-state index is 0.0664. The summed E-state index contributed by atoms with van der Waals surface area (Å²) in [5.74, 6) is 0. The lowest BCUT2D eigenvalue weighted by atomic mass is 10.1. The highest BCUT2D eigenvalue weighted by molar-refractivity contribution is 6.43. The Morgan fingerprint density at radius 2 is 1.93 bits per heavy atom. The van der Waals surface area contributed by atoms with Crippen LogP contribution in [0.1, 0.15) is 13.8 Å². The Labute approximate surface area is 101 Å². The van der Waals surface area contributed by atoms with Crippen molar-refractivity contribution in [3.05, 3.63) is 28.2 Å². The molecule has 1 aromatic rings. The van der Waals surface area contributed by atoms with Gasteiger partial charge in [0, 0.05) is 12.1 Å². The smallest absolute Gasteiger partial charge is 0.0823 e. The van der Waals surface area contributed by atoms with Gasteiger partial charge in [-0.2, -0.15) is 0 Å². The van der Waals surface area contributed by atoms with Crippen molar-refractivity contribution in [3.8, 4) is 0 Å². The van der Waals surface area contributed by atoms with Crippen molar-refractivity contribution in [2.45, 2.75) is 19.4 Å². The van der Waals surface area contributed by atoms with Crippen LogP contribution in [0.25, 0.3) is 0 Å². The van der Waals surface area contributed by atoms with Gasteiger partial charge in [-0.25, -0.2) is 0 Å². The molecule has 0 aromatic heterocycles. The quantitative estimate of drug-likeness (QED) is 0.852. The molecule has 0 fully saturated rings. The maximum atomic E-state index is 6.08. The Morgan fingerprint density at radius 1 is 1.27 bits per heavy atom. The molecule has 0 amide bonds. The second-order valence-electron chi connectivity index (χ2n) is 4.14. The molecule has 0 radical (unpaired) electrons. The summed E-state index contributed by atoms with van der Waals surface area (Å²) in [7, 11) is 1.92. The molecule has 0 atom stereocenters. The predicted octanol–water partition coefficient (Wildman–Crippen LogP) is 3.40. The minimum atomic E-state index is -0.0664. The summed E-state index contributed by atoms with van der Waals surface area (Å²) in [6.07, 6.45) is 0. The fourth-order valence-corrected chi connectivity index (χ4v) is 1.80. The molecule has 2 N–H and O–H groups in total. The van der Waals surface area contributed by atoms with Gasteiger partial charge in [0.1, 0.15) is 0 Å². The van der Waals surface area contributed by atoms with E-state index < -0.39 is 0 Å². The third-order valence-electron chi connectivity index (χ3n) is 2.04. The summed E-state index contributed by atoms with van der Waals surface area (Å²) in [4.78, 5) is 0. The van der Waals surface area contributed by atoms with Crippen LogP contribution in [0.4, 0.5) is 5.69 Å². The van der Waals surface area contributed by atoms with E-state index >= 15 is 0 Å². The van der Waals surface area contributed by atoms with Crippen molar-refractivity contribution in [3.63, 3.8) is 0 Å². The summed E-state index contributed by atoms with van der Waals surface area (Å²) in [6.45, 7) is 5.04. The zero-order valence-corrected chi connectivity index (χ0v) is 10.7. The zero-order chi connectivity index (χ0) is 11.5. The summed E-state index contributed by atoms with van der Waals surface area (Å²) in [6, 6.07) is 5.58. The van der Waals surface area contributed by atoms with Crippen molar-refractivity contribution in [1.82, 2.24) is 5.32 Å². The van der Waals surface area contributed by atoms with Gasteiger partial charge in [-0.3, -0.25) is 0 Å². The highest BCUT2D eigenvalue weighted by Crippen LogP contribution is 2.31. The first kappa shape index (κ1) is 12.6. The fourth-order valence-electron chi connectivity index (χ4n) is 1.45. The normalized spacial score (nSPS) is 11.5. The fraction of sp³-hybridized carbons (Fsp3) is 0.455.